The number of thioether (sulfide) groups is 1. The highest BCUT2D eigenvalue weighted by atomic mass is 32.2. The highest BCUT2D eigenvalue weighted by Gasteiger charge is 2.33. The van der Waals surface area contributed by atoms with Crippen molar-refractivity contribution in [3.63, 3.8) is 0 Å². The second-order valence-electron chi connectivity index (χ2n) is 7.28. The Morgan fingerprint density at radius 1 is 1.03 bits per heavy atom. The van der Waals surface area contributed by atoms with Crippen LogP contribution in [0.2, 0.25) is 0 Å². The summed E-state index contributed by atoms with van der Waals surface area (Å²) in [5.41, 5.74) is 0.894. The number of carbonyl (C=O) groups excluding carboxylic acids is 1. The summed E-state index contributed by atoms with van der Waals surface area (Å²) in [6.07, 6.45) is -2.51. The fourth-order valence-corrected chi connectivity index (χ4v) is 4.52. The molecule has 0 spiro atoms. The van der Waals surface area contributed by atoms with Gasteiger partial charge in [-0.05, 0) is 32.0 Å². The number of nitrogens with one attached hydrogen (secondary N) is 1. The summed E-state index contributed by atoms with van der Waals surface area (Å²) >= 11 is 1.14. The van der Waals surface area contributed by atoms with Gasteiger partial charge in [-0.3, -0.25) is 4.79 Å². The molecule has 0 aliphatic carbocycles. The number of rotatable bonds is 7. The summed E-state index contributed by atoms with van der Waals surface area (Å²) in [5, 5.41) is 12.6. The zero-order valence-corrected chi connectivity index (χ0v) is 18.9. The molecule has 10 heteroatoms. The van der Waals surface area contributed by atoms with Gasteiger partial charge in [0, 0.05) is 35.8 Å². The molecule has 0 radical (unpaired) electrons. The standard InChI is InChI=1S/C23H22F3N5OS/c1-3-30-13-16(15-9-5-8-12-19(15)30)21-28-29-22(31(21)4-2)33-14-20(32)27-18-11-7-6-10-17(18)23(24,25)26/h5-13H,3-4,14H2,1-2H3,(H,27,32). The van der Waals surface area contributed by atoms with E-state index in [1.807, 2.05) is 42.0 Å². The number of anilines is 1. The molecule has 2 aromatic carbocycles. The van der Waals surface area contributed by atoms with Crippen LogP contribution in [-0.2, 0) is 24.1 Å². The van der Waals surface area contributed by atoms with Gasteiger partial charge in [0.25, 0.3) is 0 Å². The lowest BCUT2D eigenvalue weighted by molar-refractivity contribution is -0.137. The number of para-hydroxylation sites is 2. The Labute approximate surface area is 192 Å². The molecular formula is C23H22F3N5OS. The second kappa shape index (κ2) is 9.30. The Hall–Kier alpha value is -3.27. The van der Waals surface area contributed by atoms with E-state index in [9.17, 15) is 18.0 Å². The molecule has 0 aliphatic heterocycles. The maximum Gasteiger partial charge on any atom is 0.418 e. The SMILES string of the molecule is CCn1c(SCC(=O)Nc2ccccc2C(F)(F)F)nnc1-c1cn(CC)c2ccccc12. The first kappa shape index (κ1) is 22.9. The van der Waals surface area contributed by atoms with Gasteiger partial charge in [-0.1, -0.05) is 42.1 Å². The van der Waals surface area contributed by atoms with Crippen LogP contribution in [0.15, 0.2) is 59.9 Å². The highest BCUT2D eigenvalue weighted by molar-refractivity contribution is 7.99. The number of halogens is 3. The van der Waals surface area contributed by atoms with E-state index in [0.29, 0.717) is 17.5 Å². The van der Waals surface area contributed by atoms with E-state index in [1.165, 1.54) is 18.2 Å². The number of fused-ring (bicyclic) bond motifs is 1. The predicted octanol–water partition coefficient (Wildman–Crippen LogP) is 5.69. The number of hydrogen-bond acceptors (Lipinski definition) is 4. The molecule has 0 unspecified atom stereocenters. The molecule has 0 bridgehead atoms. The number of alkyl halides is 3. The molecule has 6 nitrogen and oxygen atoms in total. The van der Waals surface area contributed by atoms with Crippen molar-refractivity contribution in [3.05, 3.63) is 60.3 Å². The Morgan fingerprint density at radius 3 is 2.48 bits per heavy atom. The number of benzene rings is 2. The van der Waals surface area contributed by atoms with E-state index >= 15 is 0 Å². The first-order valence-corrected chi connectivity index (χ1v) is 11.4. The summed E-state index contributed by atoms with van der Waals surface area (Å²) in [6, 6.07) is 12.9. The molecule has 0 fully saturated rings. The van der Waals surface area contributed by atoms with E-state index in [0.717, 1.165) is 40.8 Å². The average Bonchev–Trinajstić information content (AvgIpc) is 3.38. The van der Waals surface area contributed by atoms with Crippen molar-refractivity contribution in [1.82, 2.24) is 19.3 Å². The second-order valence-corrected chi connectivity index (χ2v) is 8.22. The van der Waals surface area contributed by atoms with Crippen molar-refractivity contribution in [2.24, 2.45) is 0 Å². The van der Waals surface area contributed by atoms with Crippen LogP contribution in [-0.4, -0.2) is 31.0 Å². The normalized spacial score (nSPS) is 11.8. The zero-order chi connectivity index (χ0) is 23.6. The lowest BCUT2D eigenvalue weighted by Gasteiger charge is -2.13. The van der Waals surface area contributed by atoms with Crippen LogP contribution in [0.4, 0.5) is 18.9 Å². The van der Waals surface area contributed by atoms with Crippen molar-refractivity contribution < 1.29 is 18.0 Å². The molecular weight excluding hydrogens is 451 g/mol. The zero-order valence-electron chi connectivity index (χ0n) is 18.1. The summed E-state index contributed by atoms with van der Waals surface area (Å²) < 4.78 is 43.6. The van der Waals surface area contributed by atoms with Crippen molar-refractivity contribution in [2.45, 2.75) is 38.3 Å². The minimum atomic E-state index is -4.55. The molecule has 0 saturated carbocycles. The quantitative estimate of drug-likeness (QED) is 0.350. The van der Waals surface area contributed by atoms with Gasteiger partial charge < -0.3 is 14.5 Å². The molecule has 4 rings (SSSR count). The molecule has 1 N–H and O–H groups in total. The fourth-order valence-electron chi connectivity index (χ4n) is 3.72. The molecule has 0 atom stereocenters. The van der Waals surface area contributed by atoms with E-state index < -0.39 is 17.6 Å². The molecule has 4 aromatic rings. The van der Waals surface area contributed by atoms with Crippen LogP contribution < -0.4 is 5.32 Å². The topological polar surface area (TPSA) is 64.7 Å². The van der Waals surface area contributed by atoms with Crippen LogP contribution in [0.25, 0.3) is 22.3 Å². The van der Waals surface area contributed by atoms with Crippen LogP contribution >= 0.6 is 11.8 Å². The largest absolute Gasteiger partial charge is 0.418 e. The molecule has 0 aliphatic rings. The monoisotopic (exact) mass is 473 g/mol. The van der Waals surface area contributed by atoms with E-state index in [1.54, 1.807) is 0 Å². The summed E-state index contributed by atoms with van der Waals surface area (Å²) in [7, 11) is 0. The third-order valence-electron chi connectivity index (χ3n) is 5.24. The smallest absolute Gasteiger partial charge is 0.347 e. The van der Waals surface area contributed by atoms with E-state index in [2.05, 4.69) is 27.0 Å². The van der Waals surface area contributed by atoms with Crippen molar-refractivity contribution in [3.8, 4) is 11.4 Å². The Balaban J connectivity index is 1.54. The lowest BCUT2D eigenvalue weighted by atomic mass is 10.1. The van der Waals surface area contributed by atoms with E-state index in [4.69, 9.17) is 0 Å². The van der Waals surface area contributed by atoms with Gasteiger partial charge in [0.15, 0.2) is 11.0 Å². The maximum absolute atomic E-state index is 13.2. The molecule has 2 aromatic heterocycles. The first-order chi connectivity index (χ1) is 15.8. The summed E-state index contributed by atoms with van der Waals surface area (Å²) in [6.45, 7) is 5.41. The number of hydrogen-bond donors (Lipinski definition) is 1. The number of nitrogens with zero attached hydrogens (tertiary/aromatic N) is 4. The molecule has 1 amide bonds. The third-order valence-corrected chi connectivity index (χ3v) is 6.21. The molecule has 172 valence electrons. The molecule has 0 saturated heterocycles. The molecule has 33 heavy (non-hydrogen) atoms. The van der Waals surface area contributed by atoms with Crippen molar-refractivity contribution in [2.75, 3.05) is 11.1 Å². The minimum Gasteiger partial charge on any atom is -0.347 e. The fraction of sp³-hybridized carbons (Fsp3) is 0.261. The van der Waals surface area contributed by atoms with Gasteiger partial charge >= 0.3 is 6.18 Å². The number of aryl methyl sites for hydroxylation is 1. The number of amides is 1. The van der Waals surface area contributed by atoms with Crippen LogP contribution in [0.3, 0.4) is 0 Å². The maximum atomic E-state index is 13.2. The lowest BCUT2D eigenvalue weighted by Crippen LogP contribution is -2.18. The summed E-state index contributed by atoms with van der Waals surface area (Å²) in [5.74, 6) is 0.0406. The Kier molecular flexibility index (Phi) is 6.46. The van der Waals surface area contributed by atoms with Gasteiger partial charge in [0.2, 0.25) is 5.91 Å². The van der Waals surface area contributed by atoms with Crippen LogP contribution in [0, 0.1) is 0 Å². The minimum absolute atomic E-state index is 0.0962. The van der Waals surface area contributed by atoms with Crippen molar-refractivity contribution in [1.29, 1.82) is 0 Å². The first-order valence-electron chi connectivity index (χ1n) is 10.4. The Morgan fingerprint density at radius 2 is 1.76 bits per heavy atom. The summed E-state index contributed by atoms with van der Waals surface area (Å²) in [4.78, 5) is 12.4. The predicted molar refractivity (Wildman–Crippen MR) is 123 cm³/mol. The van der Waals surface area contributed by atoms with Gasteiger partial charge in [-0.25, -0.2) is 0 Å². The van der Waals surface area contributed by atoms with Crippen LogP contribution in [0.1, 0.15) is 19.4 Å². The third kappa shape index (κ3) is 4.61. The van der Waals surface area contributed by atoms with Gasteiger partial charge in [-0.15, -0.1) is 10.2 Å². The van der Waals surface area contributed by atoms with Gasteiger partial charge in [0.1, 0.15) is 0 Å². The molecule has 2 heterocycles. The van der Waals surface area contributed by atoms with Gasteiger partial charge in [-0.2, -0.15) is 13.2 Å². The average molecular weight is 474 g/mol. The number of carbonyl (C=O) groups is 1. The Bertz CT molecular complexity index is 1290. The van der Waals surface area contributed by atoms with E-state index in [-0.39, 0.29) is 11.4 Å². The van der Waals surface area contributed by atoms with Crippen LogP contribution in [0.5, 0.6) is 0 Å². The van der Waals surface area contributed by atoms with Gasteiger partial charge in [0.05, 0.1) is 17.0 Å². The number of aromatic nitrogens is 4. The van der Waals surface area contributed by atoms with Crippen molar-refractivity contribution >= 4 is 34.3 Å². The highest BCUT2D eigenvalue weighted by Crippen LogP contribution is 2.35.